The smallest absolute Gasteiger partial charge is 0.262 e. The van der Waals surface area contributed by atoms with E-state index in [1.165, 1.54) is 11.8 Å². The van der Waals surface area contributed by atoms with Gasteiger partial charge in [0.05, 0.1) is 18.0 Å². The van der Waals surface area contributed by atoms with E-state index in [-0.39, 0.29) is 18.0 Å². The molecular formula is C26H23N3O3S. The molecule has 4 rings (SSSR count). The van der Waals surface area contributed by atoms with Crippen molar-refractivity contribution in [3.63, 3.8) is 0 Å². The average Bonchev–Trinajstić information content (AvgIpc) is 2.85. The lowest BCUT2D eigenvalue weighted by Crippen LogP contribution is -2.25. The molecule has 0 saturated carbocycles. The minimum atomic E-state index is -0.637. The van der Waals surface area contributed by atoms with Crippen molar-refractivity contribution in [3.05, 3.63) is 107 Å². The molecule has 0 radical (unpaired) electrons. The summed E-state index contributed by atoms with van der Waals surface area (Å²) in [6.45, 7) is 4.06. The van der Waals surface area contributed by atoms with Crippen LogP contribution in [0.2, 0.25) is 0 Å². The van der Waals surface area contributed by atoms with Gasteiger partial charge in [0.2, 0.25) is 5.91 Å². The Kier molecular flexibility index (Phi) is 6.90. The molecule has 0 aliphatic carbocycles. The van der Waals surface area contributed by atoms with E-state index in [1.807, 2.05) is 54.6 Å². The molecule has 1 N–H and O–H groups in total. The third-order valence-electron chi connectivity index (χ3n) is 5.04. The molecule has 0 aliphatic rings. The Balaban J connectivity index is 1.75. The third kappa shape index (κ3) is 4.99. The summed E-state index contributed by atoms with van der Waals surface area (Å²) in [5.74, 6) is 0.416. The van der Waals surface area contributed by atoms with Crippen molar-refractivity contribution >= 4 is 34.3 Å². The second kappa shape index (κ2) is 10.2. The summed E-state index contributed by atoms with van der Waals surface area (Å²) >= 11 is 1.24. The zero-order valence-electron chi connectivity index (χ0n) is 18.1. The number of thioether (sulfide) groups is 1. The fraction of sp³-hybridized carbons (Fsp3) is 0.115. The number of carbonyl (C=O) groups is 1. The van der Waals surface area contributed by atoms with Gasteiger partial charge >= 0.3 is 0 Å². The van der Waals surface area contributed by atoms with E-state index in [9.17, 15) is 9.59 Å². The Morgan fingerprint density at radius 3 is 2.64 bits per heavy atom. The Bertz CT molecular complexity index is 1350. The molecule has 166 valence electrons. The highest BCUT2D eigenvalue weighted by molar-refractivity contribution is 8.00. The summed E-state index contributed by atoms with van der Waals surface area (Å²) in [7, 11) is 1.58. The van der Waals surface area contributed by atoms with Crippen molar-refractivity contribution in [3.8, 4) is 5.75 Å². The molecule has 1 atom stereocenters. The van der Waals surface area contributed by atoms with Crippen LogP contribution >= 0.6 is 11.8 Å². The number of fused-ring (bicyclic) bond motifs is 1. The predicted molar refractivity (Wildman–Crippen MR) is 133 cm³/mol. The molecule has 1 heterocycles. The molecule has 3 aromatic carbocycles. The van der Waals surface area contributed by atoms with Crippen LogP contribution in [0, 0.1) is 0 Å². The lowest BCUT2D eigenvalue weighted by Gasteiger charge is -2.19. The number of methoxy groups -OCH3 is 1. The Hall–Kier alpha value is -3.84. The van der Waals surface area contributed by atoms with Gasteiger partial charge in [-0.25, -0.2) is 4.98 Å². The van der Waals surface area contributed by atoms with Crippen LogP contribution in [0.25, 0.3) is 10.9 Å². The fourth-order valence-electron chi connectivity index (χ4n) is 3.44. The summed E-state index contributed by atoms with van der Waals surface area (Å²) in [5, 5.41) is 3.31. The van der Waals surface area contributed by atoms with Gasteiger partial charge in [0.1, 0.15) is 11.0 Å². The molecule has 0 bridgehead atoms. The largest absolute Gasteiger partial charge is 0.497 e. The number of allylic oxidation sites excluding steroid dienone is 1. The highest BCUT2D eigenvalue weighted by Crippen LogP contribution is 2.35. The molecule has 1 amide bonds. The quantitative estimate of drug-likeness (QED) is 0.227. The SMILES string of the molecule is C=CCn1c(SC(C(=O)Nc2cccc(OC)c2)c2ccccc2)nc2ccccc2c1=O. The first-order valence-corrected chi connectivity index (χ1v) is 11.3. The first-order valence-electron chi connectivity index (χ1n) is 10.4. The molecular weight excluding hydrogens is 434 g/mol. The van der Waals surface area contributed by atoms with Crippen LogP contribution in [0.3, 0.4) is 0 Å². The van der Waals surface area contributed by atoms with E-state index in [4.69, 9.17) is 9.72 Å². The van der Waals surface area contributed by atoms with Gasteiger partial charge in [-0.05, 0) is 29.8 Å². The molecule has 33 heavy (non-hydrogen) atoms. The van der Waals surface area contributed by atoms with Gasteiger partial charge in [0.25, 0.3) is 5.56 Å². The zero-order chi connectivity index (χ0) is 23.2. The van der Waals surface area contributed by atoms with Crippen LogP contribution in [0.5, 0.6) is 5.75 Å². The summed E-state index contributed by atoms with van der Waals surface area (Å²) in [6, 6.07) is 23.8. The number of rotatable bonds is 8. The molecule has 6 nitrogen and oxygen atoms in total. The molecule has 0 saturated heterocycles. The number of nitrogens with one attached hydrogen (secondary N) is 1. The Labute approximate surface area is 195 Å². The maximum Gasteiger partial charge on any atom is 0.262 e. The number of amides is 1. The van der Waals surface area contributed by atoms with Crippen LogP contribution in [0.15, 0.2) is 101 Å². The number of carbonyl (C=O) groups excluding carboxylic acids is 1. The van der Waals surface area contributed by atoms with Crippen LogP contribution in [-0.2, 0) is 11.3 Å². The number of ether oxygens (including phenoxy) is 1. The number of hydrogen-bond acceptors (Lipinski definition) is 5. The Morgan fingerprint density at radius 2 is 1.88 bits per heavy atom. The molecule has 0 spiro atoms. The van der Waals surface area contributed by atoms with Gasteiger partial charge in [0, 0.05) is 18.3 Å². The zero-order valence-corrected chi connectivity index (χ0v) is 18.9. The summed E-state index contributed by atoms with van der Waals surface area (Å²) in [4.78, 5) is 31.3. The molecule has 7 heteroatoms. The fourth-order valence-corrected chi connectivity index (χ4v) is 4.55. The van der Waals surface area contributed by atoms with Crippen molar-refractivity contribution < 1.29 is 9.53 Å². The van der Waals surface area contributed by atoms with E-state index in [0.717, 1.165) is 5.56 Å². The minimum Gasteiger partial charge on any atom is -0.497 e. The van der Waals surface area contributed by atoms with Crippen molar-refractivity contribution in [1.82, 2.24) is 9.55 Å². The first-order chi connectivity index (χ1) is 16.1. The van der Waals surface area contributed by atoms with Crippen LogP contribution in [0.1, 0.15) is 10.8 Å². The van der Waals surface area contributed by atoms with E-state index < -0.39 is 5.25 Å². The molecule has 1 aromatic heterocycles. The number of nitrogens with zero attached hydrogens (tertiary/aromatic N) is 2. The van der Waals surface area contributed by atoms with E-state index in [2.05, 4.69) is 11.9 Å². The number of benzene rings is 3. The highest BCUT2D eigenvalue weighted by Gasteiger charge is 2.25. The summed E-state index contributed by atoms with van der Waals surface area (Å²) in [5.41, 5.74) is 1.85. The van der Waals surface area contributed by atoms with E-state index in [1.54, 1.807) is 42.0 Å². The van der Waals surface area contributed by atoms with E-state index >= 15 is 0 Å². The van der Waals surface area contributed by atoms with Crippen LogP contribution < -0.4 is 15.6 Å². The molecule has 0 fully saturated rings. The van der Waals surface area contributed by atoms with Crippen molar-refractivity contribution in [2.24, 2.45) is 0 Å². The highest BCUT2D eigenvalue weighted by atomic mass is 32.2. The van der Waals surface area contributed by atoms with Gasteiger partial charge in [-0.3, -0.25) is 14.2 Å². The van der Waals surface area contributed by atoms with Crippen molar-refractivity contribution in [2.45, 2.75) is 17.0 Å². The maximum absolute atomic E-state index is 13.4. The molecule has 4 aromatic rings. The molecule has 1 unspecified atom stereocenters. The van der Waals surface area contributed by atoms with Crippen molar-refractivity contribution in [1.29, 1.82) is 0 Å². The van der Waals surface area contributed by atoms with Gasteiger partial charge < -0.3 is 10.1 Å². The summed E-state index contributed by atoms with van der Waals surface area (Å²) in [6.07, 6.45) is 1.65. The number of hydrogen-bond donors (Lipinski definition) is 1. The van der Waals surface area contributed by atoms with Gasteiger partial charge in [-0.15, -0.1) is 6.58 Å². The standard InChI is InChI=1S/C26H23N3O3S/c1-3-16-29-25(31)21-14-7-8-15-22(21)28-26(29)33-23(18-10-5-4-6-11-18)24(30)27-19-12-9-13-20(17-19)32-2/h3-15,17,23H,1,16H2,2H3,(H,27,30). The normalized spacial score (nSPS) is 11.7. The number of para-hydroxylation sites is 1. The first kappa shape index (κ1) is 22.4. The van der Waals surface area contributed by atoms with Crippen LogP contribution in [-0.4, -0.2) is 22.6 Å². The summed E-state index contributed by atoms with van der Waals surface area (Å²) < 4.78 is 6.81. The third-order valence-corrected chi connectivity index (χ3v) is 6.28. The lowest BCUT2D eigenvalue weighted by molar-refractivity contribution is -0.115. The van der Waals surface area contributed by atoms with Gasteiger partial charge in [0.15, 0.2) is 5.16 Å². The van der Waals surface area contributed by atoms with Gasteiger partial charge in [-0.2, -0.15) is 0 Å². The van der Waals surface area contributed by atoms with Gasteiger partial charge in [-0.1, -0.05) is 66.4 Å². The average molecular weight is 458 g/mol. The minimum absolute atomic E-state index is 0.164. The second-order valence-corrected chi connectivity index (χ2v) is 8.32. The topological polar surface area (TPSA) is 73.2 Å². The second-order valence-electron chi connectivity index (χ2n) is 7.25. The number of aromatic nitrogens is 2. The number of anilines is 1. The van der Waals surface area contributed by atoms with E-state index in [0.29, 0.717) is 27.5 Å². The van der Waals surface area contributed by atoms with Crippen LogP contribution in [0.4, 0.5) is 5.69 Å². The Morgan fingerprint density at radius 1 is 1.12 bits per heavy atom. The predicted octanol–water partition coefficient (Wildman–Crippen LogP) is 5.06. The maximum atomic E-state index is 13.4. The molecule has 0 aliphatic heterocycles. The monoisotopic (exact) mass is 457 g/mol. The van der Waals surface area contributed by atoms with Crippen molar-refractivity contribution in [2.75, 3.05) is 12.4 Å². The lowest BCUT2D eigenvalue weighted by atomic mass is 10.1.